The summed E-state index contributed by atoms with van der Waals surface area (Å²) in [5.74, 6) is 0.884. The van der Waals surface area contributed by atoms with Gasteiger partial charge in [0.15, 0.2) is 0 Å². The number of likely N-dealkylation sites (tertiary alicyclic amines) is 1. The van der Waals surface area contributed by atoms with Gasteiger partial charge in [-0.1, -0.05) is 46.3 Å². The molecule has 6 rings (SSSR count). The number of carbonyl (C=O) groups is 1. The molecule has 1 amide bonds. The SMILES string of the molecule is O=C([C@H]1CCCN(Cc2nc3ccccc3n2-c2cccc(Br)c2)C1)N1CCN(c2ccccc2C(F)(F)F)CC1. The molecule has 0 saturated carbocycles. The van der Waals surface area contributed by atoms with E-state index in [0.717, 1.165) is 52.5 Å². The number of amides is 1. The van der Waals surface area contributed by atoms with E-state index in [9.17, 15) is 18.0 Å². The second kappa shape index (κ2) is 11.5. The van der Waals surface area contributed by atoms with Gasteiger partial charge < -0.3 is 9.80 Å². The third-order valence-corrected chi connectivity index (χ3v) is 8.55. The first kappa shape index (κ1) is 27.8. The van der Waals surface area contributed by atoms with Crippen molar-refractivity contribution in [2.75, 3.05) is 44.2 Å². The highest BCUT2D eigenvalue weighted by atomic mass is 79.9. The van der Waals surface area contributed by atoms with Gasteiger partial charge >= 0.3 is 6.18 Å². The summed E-state index contributed by atoms with van der Waals surface area (Å²) in [5.41, 5.74) is 2.55. The summed E-state index contributed by atoms with van der Waals surface area (Å²) in [6, 6.07) is 21.9. The maximum absolute atomic E-state index is 13.6. The molecule has 0 aliphatic carbocycles. The molecule has 4 aromatic rings. The van der Waals surface area contributed by atoms with Crippen LogP contribution in [0.25, 0.3) is 16.7 Å². The average molecular weight is 627 g/mol. The Morgan fingerprint density at radius 1 is 0.927 bits per heavy atom. The van der Waals surface area contributed by atoms with Crippen molar-refractivity contribution in [2.45, 2.75) is 25.6 Å². The quantitative estimate of drug-likeness (QED) is 0.259. The van der Waals surface area contributed by atoms with Crippen molar-refractivity contribution < 1.29 is 18.0 Å². The first-order chi connectivity index (χ1) is 19.8. The first-order valence-corrected chi connectivity index (χ1v) is 14.7. The number of piperazine rings is 1. The fourth-order valence-electron chi connectivity index (χ4n) is 6.10. The number of carbonyl (C=O) groups excluding carboxylic acids is 1. The molecule has 0 spiro atoms. The highest BCUT2D eigenvalue weighted by molar-refractivity contribution is 9.10. The molecule has 2 fully saturated rings. The minimum Gasteiger partial charge on any atom is -0.367 e. The molecule has 2 saturated heterocycles. The van der Waals surface area contributed by atoms with Gasteiger partial charge in [0.05, 0.1) is 29.1 Å². The topological polar surface area (TPSA) is 44.6 Å². The highest BCUT2D eigenvalue weighted by Gasteiger charge is 2.36. The molecule has 0 radical (unpaired) electrons. The number of halogens is 4. The van der Waals surface area contributed by atoms with E-state index in [4.69, 9.17) is 4.98 Å². The molecule has 0 bridgehead atoms. The summed E-state index contributed by atoms with van der Waals surface area (Å²) < 4.78 is 43.8. The van der Waals surface area contributed by atoms with E-state index in [1.807, 2.05) is 35.2 Å². The van der Waals surface area contributed by atoms with Crippen LogP contribution in [0.4, 0.5) is 18.9 Å². The van der Waals surface area contributed by atoms with Gasteiger partial charge in [-0.25, -0.2) is 4.98 Å². The minimum absolute atomic E-state index is 0.0962. The third-order valence-electron chi connectivity index (χ3n) is 8.06. The lowest BCUT2D eigenvalue weighted by molar-refractivity contribution is -0.139. The summed E-state index contributed by atoms with van der Waals surface area (Å²) in [5, 5.41) is 0. The maximum Gasteiger partial charge on any atom is 0.418 e. The predicted octanol–water partition coefficient (Wildman–Crippen LogP) is 6.37. The van der Waals surface area contributed by atoms with Crippen LogP contribution < -0.4 is 4.90 Å². The zero-order valence-corrected chi connectivity index (χ0v) is 24.1. The van der Waals surface area contributed by atoms with E-state index in [2.05, 4.69) is 43.6 Å². The molecule has 0 unspecified atom stereocenters. The van der Waals surface area contributed by atoms with Crippen LogP contribution in [-0.2, 0) is 17.5 Å². The van der Waals surface area contributed by atoms with Gasteiger partial charge in [0.25, 0.3) is 0 Å². The van der Waals surface area contributed by atoms with Crippen LogP contribution in [0.1, 0.15) is 24.2 Å². The Balaban J connectivity index is 1.14. The largest absolute Gasteiger partial charge is 0.418 e. The van der Waals surface area contributed by atoms with E-state index >= 15 is 0 Å². The van der Waals surface area contributed by atoms with Gasteiger partial charge in [-0.15, -0.1) is 0 Å². The number of imidazole rings is 1. The number of piperidine rings is 1. The van der Waals surface area contributed by atoms with E-state index in [1.54, 1.807) is 11.0 Å². The molecule has 1 aromatic heterocycles. The van der Waals surface area contributed by atoms with E-state index in [1.165, 1.54) is 12.1 Å². The Hall–Kier alpha value is -3.37. The molecule has 2 aliphatic rings. The maximum atomic E-state index is 13.6. The van der Waals surface area contributed by atoms with Crippen LogP contribution in [0.5, 0.6) is 0 Å². The summed E-state index contributed by atoms with van der Waals surface area (Å²) in [7, 11) is 0. The van der Waals surface area contributed by atoms with E-state index in [0.29, 0.717) is 39.3 Å². The van der Waals surface area contributed by atoms with Crippen molar-refractivity contribution in [3.8, 4) is 5.69 Å². The number of hydrogen-bond donors (Lipinski definition) is 0. The monoisotopic (exact) mass is 625 g/mol. The van der Waals surface area contributed by atoms with Gasteiger partial charge in [-0.05, 0) is 61.9 Å². The summed E-state index contributed by atoms with van der Waals surface area (Å²) in [6.45, 7) is 3.73. The van der Waals surface area contributed by atoms with Crippen molar-refractivity contribution >= 4 is 38.6 Å². The zero-order chi connectivity index (χ0) is 28.6. The van der Waals surface area contributed by atoms with Gasteiger partial charge in [0.2, 0.25) is 5.91 Å². The molecule has 6 nitrogen and oxygen atoms in total. The van der Waals surface area contributed by atoms with E-state index in [-0.39, 0.29) is 17.5 Å². The van der Waals surface area contributed by atoms with Crippen molar-refractivity contribution in [1.82, 2.24) is 19.4 Å². The molecular weight excluding hydrogens is 595 g/mol. The smallest absolute Gasteiger partial charge is 0.367 e. The highest BCUT2D eigenvalue weighted by Crippen LogP contribution is 2.37. The Morgan fingerprint density at radius 2 is 1.68 bits per heavy atom. The summed E-state index contributed by atoms with van der Waals surface area (Å²) in [6.07, 6.45) is -2.69. The average Bonchev–Trinajstić information content (AvgIpc) is 3.34. The number of benzene rings is 3. The molecule has 10 heteroatoms. The van der Waals surface area contributed by atoms with Crippen LogP contribution >= 0.6 is 15.9 Å². The lowest BCUT2D eigenvalue weighted by atomic mass is 9.96. The van der Waals surface area contributed by atoms with E-state index < -0.39 is 11.7 Å². The van der Waals surface area contributed by atoms with Crippen LogP contribution in [0, 0.1) is 5.92 Å². The number of anilines is 1. The number of fused-ring (bicyclic) bond motifs is 1. The molecule has 3 heterocycles. The lowest BCUT2D eigenvalue weighted by Gasteiger charge is -2.40. The first-order valence-electron chi connectivity index (χ1n) is 13.9. The number of alkyl halides is 3. The summed E-state index contributed by atoms with van der Waals surface area (Å²) in [4.78, 5) is 24.4. The lowest BCUT2D eigenvalue weighted by Crippen LogP contribution is -2.52. The Bertz CT molecular complexity index is 1550. The third kappa shape index (κ3) is 5.85. The van der Waals surface area contributed by atoms with Crippen molar-refractivity contribution in [1.29, 1.82) is 0 Å². The van der Waals surface area contributed by atoms with Crippen molar-refractivity contribution in [3.63, 3.8) is 0 Å². The Labute approximate surface area is 245 Å². The van der Waals surface area contributed by atoms with Gasteiger partial charge in [0, 0.05) is 48.6 Å². The van der Waals surface area contributed by atoms with Gasteiger partial charge in [-0.3, -0.25) is 14.3 Å². The van der Waals surface area contributed by atoms with Crippen LogP contribution in [-0.4, -0.2) is 64.5 Å². The van der Waals surface area contributed by atoms with Crippen molar-refractivity contribution in [2.24, 2.45) is 5.92 Å². The second-order valence-corrected chi connectivity index (χ2v) is 11.6. The van der Waals surface area contributed by atoms with Crippen LogP contribution in [0.3, 0.4) is 0 Å². The number of para-hydroxylation sites is 3. The molecule has 41 heavy (non-hydrogen) atoms. The normalized spacial score (nSPS) is 18.7. The molecule has 214 valence electrons. The van der Waals surface area contributed by atoms with Crippen molar-refractivity contribution in [3.05, 3.63) is 88.7 Å². The van der Waals surface area contributed by atoms with Gasteiger partial charge in [-0.2, -0.15) is 13.2 Å². The fraction of sp³-hybridized carbons (Fsp3) is 0.355. The fourth-order valence-corrected chi connectivity index (χ4v) is 6.49. The number of aromatic nitrogens is 2. The Kier molecular flexibility index (Phi) is 7.78. The molecular formula is C31H31BrF3N5O. The number of nitrogens with zero attached hydrogens (tertiary/aromatic N) is 5. The second-order valence-electron chi connectivity index (χ2n) is 10.7. The molecule has 3 aromatic carbocycles. The van der Waals surface area contributed by atoms with Crippen LogP contribution in [0.15, 0.2) is 77.3 Å². The zero-order valence-electron chi connectivity index (χ0n) is 22.5. The molecule has 0 N–H and O–H groups in total. The predicted molar refractivity (Wildman–Crippen MR) is 157 cm³/mol. The van der Waals surface area contributed by atoms with Crippen LogP contribution in [0.2, 0.25) is 0 Å². The molecule has 1 atom stereocenters. The Morgan fingerprint density at radius 3 is 2.46 bits per heavy atom. The summed E-state index contributed by atoms with van der Waals surface area (Å²) >= 11 is 3.59. The standard InChI is InChI=1S/C31H31BrF3N5O/c32-23-8-5-9-24(19-23)40-28-13-4-2-11-26(28)36-29(40)21-37-14-6-7-22(20-37)30(41)39-17-15-38(16-18-39)27-12-3-1-10-25(27)31(33,34)35/h1-5,8-13,19,22H,6-7,14-18,20-21H2/t22-/m0/s1. The molecule has 2 aliphatic heterocycles. The van der Waals surface area contributed by atoms with Gasteiger partial charge in [0.1, 0.15) is 5.82 Å². The minimum atomic E-state index is -4.41. The number of hydrogen-bond acceptors (Lipinski definition) is 4. The number of rotatable bonds is 5.